The summed E-state index contributed by atoms with van der Waals surface area (Å²) < 4.78 is 0. The third-order valence-corrected chi connectivity index (χ3v) is 4.18. The Morgan fingerprint density at radius 2 is 2.00 bits per heavy atom. The lowest BCUT2D eigenvalue weighted by Gasteiger charge is -2.33. The van der Waals surface area contributed by atoms with E-state index in [0.29, 0.717) is 11.1 Å². The first-order valence-corrected chi connectivity index (χ1v) is 7.63. The fraction of sp³-hybridized carbons (Fsp3) is 0.562. The molecule has 3 nitrogen and oxygen atoms in total. The SMILES string of the molecule is CC(C)C(N)C(=O)N(C1CC1)C(C)c1cccc(Cl)c1. The molecule has 2 atom stereocenters. The molecule has 0 aromatic heterocycles. The average Bonchev–Trinajstić information content (AvgIpc) is 3.22. The number of carbonyl (C=O) groups excluding carboxylic acids is 1. The van der Waals surface area contributed by atoms with Crippen LogP contribution in [-0.2, 0) is 4.79 Å². The van der Waals surface area contributed by atoms with E-state index in [1.807, 2.05) is 43.0 Å². The molecule has 0 aliphatic heterocycles. The van der Waals surface area contributed by atoms with Crippen LogP contribution in [0.25, 0.3) is 0 Å². The van der Waals surface area contributed by atoms with E-state index in [2.05, 4.69) is 6.92 Å². The van der Waals surface area contributed by atoms with Crippen molar-refractivity contribution in [2.24, 2.45) is 11.7 Å². The Bertz CT molecular complexity index is 485. The molecule has 0 radical (unpaired) electrons. The molecule has 0 heterocycles. The second-order valence-electron chi connectivity index (χ2n) is 5.98. The van der Waals surface area contributed by atoms with Crippen molar-refractivity contribution in [1.29, 1.82) is 0 Å². The van der Waals surface area contributed by atoms with Gasteiger partial charge < -0.3 is 10.6 Å². The quantitative estimate of drug-likeness (QED) is 0.905. The Labute approximate surface area is 126 Å². The highest BCUT2D eigenvalue weighted by molar-refractivity contribution is 6.30. The van der Waals surface area contributed by atoms with E-state index in [0.717, 1.165) is 18.4 Å². The van der Waals surface area contributed by atoms with Crippen LogP contribution in [0, 0.1) is 5.92 Å². The summed E-state index contributed by atoms with van der Waals surface area (Å²) in [6.07, 6.45) is 2.14. The molecule has 2 N–H and O–H groups in total. The number of amides is 1. The zero-order chi connectivity index (χ0) is 14.9. The molecule has 1 aromatic rings. The lowest BCUT2D eigenvalue weighted by atomic mass is 10.0. The molecule has 20 heavy (non-hydrogen) atoms. The standard InChI is InChI=1S/C16H23ClN2O/c1-10(2)15(18)16(20)19(14-7-8-14)11(3)12-5-4-6-13(17)9-12/h4-6,9-11,14-15H,7-8,18H2,1-3H3. The van der Waals surface area contributed by atoms with E-state index in [9.17, 15) is 4.79 Å². The third kappa shape index (κ3) is 3.33. The highest BCUT2D eigenvalue weighted by Gasteiger charge is 2.38. The second-order valence-corrected chi connectivity index (χ2v) is 6.41. The van der Waals surface area contributed by atoms with Gasteiger partial charge in [0.2, 0.25) is 5.91 Å². The van der Waals surface area contributed by atoms with Crippen molar-refractivity contribution < 1.29 is 4.79 Å². The van der Waals surface area contributed by atoms with Gasteiger partial charge in [0, 0.05) is 11.1 Å². The minimum absolute atomic E-state index is 0.0125. The minimum Gasteiger partial charge on any atom is -0.332 e. The van der Waals surface area contributed by atoms with Crippen LogP contribution in [0.15, 0.2) is 24.3 Å². The number of nitrogens with two attached hydrogens (primary N) is 1. The zero-order valence-electron chi connectivity index (χ0n) is 12.3. The Morgan fingerprint density at radius 3 is 2.50 bits per heavy atom. The van der Waals surface area contributed by atoms with E-state index in [1.165, 1.54) is 0 Å². The summed E-state index contributed by atoms with van der Waals surface area (Å²) in [4.78, 5) is 14.6. The van der Waals surface area contributed by atoms with Gasteiger partial charge in [0.1, 0.15) is 0 Å². The van der Waals surface area contributed by atoms with Gasteiger partial charge >= 0.3 is 0 Å². The number of halogens is 1. The number of benzene rings is 1. The molecule has 0 spiro atoms. The number of nitrogens with zero attached hydrogens (tertiary/aromatic N) is 1. The molecule has 0 saturated heterocycles. The fourth-order valence-corrected chi connectivity index (χ4v) is 2.62. The second kappa shape index (κ2) is 6.15. The number of carbonyl (C=O) groups is 1. The first-order valence-electron chi connectivity index (χ1n) is 7.25. The molecule has 2 rings (SSSR count). The van der Waals surface area contributed by atoms with Gasteiger partial charge in [0.05, 0.1) is 12.1 Å². The van der Waals surface area contributed by atoms with E-state index >= 15 is 0 Å². The molecule has 1 amide bonds. The van der Waals surface area contributed by atoms with Crippen LogP contribution in [0.5, 0.6) is 0 Å². The summed E-state index contributed by atoms with van der Waals surface area (Å²) in [6, 6.07) is 7.63. The van der Waals surface area contributed by atoms with Crippen molar-refractivity contribution in [2.45, 2.75) is 51.7 Å². The largest absolute Gasteiger partial charge is 0.332 e. The molecule has 1 aromatic carbocycles. The van der Waals surface area contributed by atoms with E-state index < -0.39 is 6.04 Å². The Balaban J connectivity index is 2.22. The zero-order valence-corrected chi connectivity index (χ0v) is 13.1. The molecule has 1 aliphatic rings. The summed E-state index contributed by atoms with van der Waals surface area (Å²) in [6.45, 7) is 6.02. The van der Waals surface area contributed by atoms with Gasteiger partial charge in [-0.2, -0.15) is 0 Å². The van der Waals surface area contributed by atoms with Crippen LogP contribution in [0.2, 0.25) is 5.02 Å². The fourth-order valence-electron chi connectivity index (χ4n) is 2.42. The van der Waals surface area contributed by atoms with Crippen molar-refractivity contribution in [3.8, 4) is 0 Å². The van der Waals surface area contributed by atoms with Crippen LogP contribution in [0.1, 0.15) is 45.2 Å². The molecule has 1 fully saturated rings. The van der Waals surface area contributed by atoms with Crippen molar-refractivity contribution >= 4 is 17.5 Å². The molecule has 1 aliphatic carbocycles. The maximum Gasteiger partial charge on any atom is 0.240 e. The molecular formula is C16H23ClN2O. The van der Waals surface area contributed by atoms with Crippen LogP contribution in [0.4, 0.5) is 0 Å². The smallest absolute Gasteiger partial charge is 0.240 e. The topological polar surface area (TPSA) is 46.3 Å². The molecule has 2 unspecified atom stereocenters. The molecule has 110 valence electrons. The molecule has 1 saturated carbocycles. The van der Waals surface area contributed by atoms with Gasteiger partial charge in [-0.15, -0.1) is 0 Å². The lowest BCUT2D eigenvalue weighted by Crippen LogP contribution is -2.48. The normalized spacial score (nSPS) is 17.9. The van der Waals surface area contributed by atoms with Gasteiger partial charge in [0.15, 0.2) is 0 Å². The molecule has 0 bridgehead atoms. The van der Waals surface area contributed by atoms with Crippen molar-refractivity contribution in [2.75, 3.05) is 0 Å². The van der Waals surface area contributed by atoms with E-state index in [-0.39, 0.29) is 17.9 Å². The van der Waals surface area contributed by atoms with Crippen LogP contribution < -0.4 is 5.73 Å². The predicted octanol–water partition coefficient (Wildman–Crippen LogP) is 3.38. The third-order valence-electron chi connectivity index (χ3n) is 3.95. The highest BCUT2D eigenvalue weighted by atomic mass is 35.5. The first kappa shape index (κ1) is 15.3. The Kier molecular flexibility index (Phi) is 4.71. The first-order chi connectivity index (χ1) is 9.41. The Hall–Kier alpha value is -1.06. The van der Waals surface area contributed by atoms with Crippen LogP contribution in [-0.4, -0.2) is 22.9 Å². The van der Waals surface area contributed by atoms with Gasteiger partial charge in [-0.25, -0.2) is 0 Å². The summed E-state index contributed by atoms with van der Waals surface area (Å²) in [5.74, 6) is 0.199. The summed E-state index contributed by atoms with van der Waals surface area (Å²) in [7, 11) is 0. The maximum atomic E-state index is 12.6. The van der Waals surface area contributed by atoms with Crippen molar-refractivity contribution in [1.82, 2.24) is 4.90 Å². The number of rotatable bonds is 5. The average molecular weight is 295 g/mol. The van der Waals surface area contributed by atoms with Crippen LogP contribution in [0.3, 0.4) is 0 Å². The van der Waals surface area contributed by atoms with Gasteiger partial charge in [0.25, 0.3) is 0 Å². The summed E-state index contributed by atoms with van der Waals surface area (Å²) in [5, 5.41) is 0.700. The van der Waals surface area contributed by atoms with Gasteiger partial charge in [-0.3, -0.25) is 4.79 Å². The maximum absolute atomic E-state index is 12.6. The predicted molar refractivity (Wildman–Crippen MR) is 82.5 cm³/mol. The Morgan fingerprint density at radius 1 is 1.35 bits per heavy atom. The molecule has 4 heteroatoms. The highest BCUT2D eigenvalue weighted by Crippen LogP contribution is 2.35. The van der Waals surface area contributed by atoms with E-state index in [4.69, 9.17) is 17.3 Å². The monoisotopic (exact) mass is 294 g/mol. The van der Waals surface area contributed by atoms with Crippen molar-refractivity contribution in [3.63, 3.8) is 0 Å². The summed E-state index contributed by atoms with van der Waals surface area (Å²) >= 11 is 6.05. The van der Waals surface area contributed by atoms with E-state index in [1.54, 1.807) is 0 Å². The number of hydrogen-bond acceptors (Lipinski definition) is 2. The minimum atomic E-state index is -0.433. The van der Waals surface area contributed by atoms with Gasteiger partial charge in [-0.05, 0) is 43.4 Å². The summed E-state index contributed by atoms with van der Waals surface area (Å²) in [5.41, 5.74) is 7.12. The lowest BCUT2D eigenvalue weighted by molar-refractivity contribution is -0.136. The number of hydrogen-bond donors (Lipinski definition) is 1. The molecular weight excluding hydrogens is 272 g/mol. The van der Waals surface area contributed by atoms with Gasteiger partial charge in [-0.1, -0.05) is 37.6 Å². The van der Waals surface area contributed by atoms with Crippen molar-refractivity contribution in [3.05, 3.63) is 34.9 Å². The van der Waals surface area contributed by atoms with Crippen LogP contribution >= 0.6 is 11.6 Å².